The maximum absolute atomic E-state index is 12.1. The van der Waals surface area contributed by atoms with E-state index in [4.69, 9.17) is 9.26 Å². The van der Waals surface area contributed by atoms with E-state index in [1.165, 1.54) is 39.2 Å². The molecule has 0 aliphatic rings. The zero-order valence-electron chi connectivity index (χ0n) is 15.5. The van der Waals surface area contributed by atoms with Crippen molar-refractivity contribution in [3.05, 3.63) is 17.0 Å². The summed E-state index contributed by atoms with van der Waals surface area (Å²) in [5, 5.41) is 14.0. The molecule has 0 saturated heterocycles. The topological polar surface area (TPSA) is 72.6 Å². The number of ether oxygens (including phenoxy) is 1. The van der Waals surface area contributed by atoms with Crippen LogP contribution in [0.4, 0.5) is 0 Å². The van der Waals surface area contributed by atoms with Crippen LogP contribution in [0.1, 0.15) is 93.4 Å². The Bertz CT molecular complexity index is 470. The fourth-order valence-electron chi connectivity index (χ4n) is 2.90. The summed E-state index contributed by atoms with van der Waals surface area (Å²) in [7, 11) is 1.36. The van der Waals surface area contributed by atoms with Gasteiger partial charge in [0.05, 0.1) is 18.9 Å². The van der Waals surface area contributed by atoms with Gasteiger partial charge in [0.15, 0.2) is 5.76 Å². The number of aliphatic hydroxyl groups is 1. The Balaban J connectivity index is 2.56. The number of carbonyl (C=O) groups is 1. The molecule has 0 aromatic carbocycles. The van der Waals surface area contributed by atoms with Crippen molar-refractivity contribution in [3.63, 3.8) is 0 Å². The first-order valence-corrected chi connectivity index (χ1v) is 9.37. The lowest BCUT2D eigenvalue weighted by molar-refractivity contribution is 0.0595. The molecule has 1 heterocycles. The van der Waals surface area contributed by atoms with E-state index in [1.54, 1.807) is 0 Å². The van der Waals surface area contributed by atoms with E-state index >= 15 is 0 Å². The summed E-state index contributed by atoms with van der Waals surface area (Å²) >= 11 is 0. The molecule has 1 N–H and O–H groups in total. The molecule has 0 amide bonds. The molecular formula is C19H33NO4. The number of unbranched alkanes of at least 4 members (excludes halogenated alkanes) is 6. The average Bonchev–Trinajstić information content (AvgIpc) is 2.96. The molecule has 1 aromatic heterocycles. The van der Waals surface area contributed by atoms with E-state index in [-0.39, 0.29) is 0 Å². The molecule has 1 unspecified atom stereocenters. The van der Waals surface area contributed by atoms with Gasteiger partial charge in [-0.1, -0.05) is 63.9 Å². The van der Waals surface area contributed by atoms with Crippen LogP contribution >= 0.6 is 0 Å². The smallest absolute Gasteiger partial charge is 0.343 e. The summed E-state index contributed by atoms with van der Waals surface area (Å²) in [6.07, 6.45) is 10.5. The molecule has 1 rings (SSSR count). The van der Waals surface area contributed by atoms with Gasteiger partial charge in [-0.2, -0.15) is 0 Å². The van der Waals surface area contributed by atoms with Gasteiger partial charge in [-0.05, 0) is 19.3 Å². The maximum atomic E-state index is 12.1. The van der Waals surface area contributed by atoms with Crippen LogP contribution in [-0.2, 0) is 17.6 Å². The van der Waals surface area contributed by atoms with Gasteiger partial charge in [0.1, 0.15) is 5.56 Å². The number of methoxy groups -OCH3 is 1. The molecule has 0 fully saturated rings. The van der Waals surface area contributed by atoms with Crippen LogP contribution in [0, 0.1) is 0 Å². The first-order chi connectivity index (χ1) is 11.6. The number of rotatable bonds is 13. The Morgan fingerprint density at radius 3 is 2.42 bits per heavy atom. The first-order valence-electron chi connectivity index (χ1n) is 9.37. The van der Waals surface area contributed by atoms with E-state index in [9.17, 15) is 9.90 Å². The van der Waals surface area contributed by atoms with Gasteiger partial charge >= 0.3 is 5.97 Å². The molecule has 0 aliphatic carbocycles. The maximum Gasteiger partial charge on any atom is 0.343 e. The van der Waals surface area contributed by atoms with Crippen LogP contribution in [-0.4, -0.2) is 29.4 Å². The largest absolute Gasteiger partial charge is 0.465 e. The number of hydrogen-bond acceptors (Lipinski definition) is 5. The second kappa shape index (κ2) is 12.1. The highest BCUT2D eigenvalue weighted by molar-refractivity contribution is 5.91. The van der Waals surface area contributed by atoms with E-state index in [0.717, 1.165) is 19.3 Å². The van der Waals surface area contributed by atoms with E-state index in [2.05, 4.69) is 12.1 Å². The second-order valence-electron chi connectivity index (χ2n) is 6.44. The first kappa shape index (κ1) is 20.7. The molecular weight excluding hydrogens is 306 g/mol. The summed E-state index contributed by atoms with van der Waals surface area (Å²) < 4.78 is 10.2. The number of aryl methyl sites for hydroxylation is 1. The Labute approximate surface area is 145 Å². The molecule has 0 aliphatic heterocycles. The van der Waals surface area contributed by atoms with E-state index in [0.29, 0.717) is 36.3 Å². The van der Waals surface area contributed by atoms with Crippen molar-refractivity contribution in [1.29, 1.82) is 0 Å². The zero-order chi connectivity index (χ0) is 17.8. The third kappa shape index (κ3) is 7.04. The second-order valence-corrected chi connectivity index (χ2v) is 6.44. The molecule has 1 atom stereocenters. The van der Waals surface area contributed by atoms with Crippen molar-refractivity contribution < 1.29 is 19.2 Å². The van der Waals surface area contributed by atoms with Crippen molar-refractivity contribution >= 4 is 5.97 Å². The van der Waals surface area contributed by atoms with Gasteiger partial charge in [-0.3, -0.25) is 0 Å². The summed E-state index contributed by atoms with van der Waals surface area (Å²) in [5.74, 6) is 0.0219. The van der Waals surface area contributed by atoms with Crippen molar-refractivity contribution in [1.82, 2.24) is 5.16 Å². The molecule has 138 valence electrons. The van der Waals surface area contributed by atoms with Crippen LogP contribution in [0.5, 0.6) is 0 Å². The summed E-state index contributed by atoms with van der Waals surface area (Å²) in [5.41, 5.74) is 1.08. The normalized spacial score (nSPS) is 12.3. The fourth-order valence-corrected chi connectivity index (χ4v) is 2.90. The van der Waals surface area contributed by atoms with Gasteiger partial charge in [-0.15, -0.1) is 0 Å². The number of esters is 1. The number of aromatic nitrogens is 1. The highest BCUT2D eigenvalue weighted by Crippen LogP contribution is 2.21. The summed E-state index contributed by atoms with van der Waals surface area (Å²) in [6.45, 7) is 4.23. The summed E-state index contributed by atoms with van der Waals surface area (Å²) in [4.78, 5) is 12.1. The number of hydrogen-bond donors (Lipinski definition) is 1. The van der Waals surface area contributed by atoms with Gasteiger partial charge in [0.25, 0.3) is 0 Å². The standard InChI is InChI=1S/C19H33NO4/c1-4-6-7-8-9-10-11-13-16-18(19(22)23-3)17(24-20-16)14-15(21)12-5-2/h15,21H,4-14H2,1-3H3. The molecule has 0 radical (unpaired) electrons. The quantitative estimate of drug-likeness (QED) is 0.424. The fraction of sp³-hybridized carbons (Fsp3) is 0.789. The lowest BCUT2D eigenvalue weighted by Crippen LogP contribution is -2.13. The third-order valence-corrected chi connectivity index (χ3v) is 4.28. The van der Waals surface area contributed by atoms with Crippen molar-refractivity contribution in [2.24, 2.45) is 0 Å². The monoisotopic (exact) mass is 339 g/mol. The van der Waals surface area contributed by atoms with Gasteiger partial charge in [0.2, 0.25) is 0 Å². The Kier molecular flexibility index (Phi) is 10.4. The van der Waals surface area contributed by atoms with Crippen molar-refractivity contribution in [2.75, 3.05) is 7.11 Å². The van der Waals surface area contributed by atoms with Crippen LogP contribution in [0.3, 0.4) is 0 Å². The highest BCUT2D eigenvalue weighted by Gasteiger charge is 2.24. The lowest BCUT2D eigenvalue weighted by Gasteiger charge is -2.07. The molecule has 0 spiro atoms. The highest BCUT2D eigenvalue weighted by atomic mass is 16.5. The Morgan fingerprint density at radius 1 is 1.12 bits per heavy atom. The minimum atomic E-state index is -0.516. The van der Waals surface area contributed by atoms with Crippen LogP contribution in [0.25, 0.3) is 0 Å². The van der Waals surface area contributed by atoms with Crippen LogP contribution in [0.2, 0.25) is 0 Å². The van der Waals surface area contributed by atoms with Gasteiger partial charge in [0, 0.05) is 6.42 Å². The minimum absolute atomic E-state index is 0.308. The predicted octanol–water partition coefficient (Wildman–Crippen LogP) is 4.46. The zero-order valence-corrected chi connectivity index (χ0v) is 15.5. The SMILES string of the molecule is CCCCCCCCCc1noc(CC(O)CCC)c1C(=O)OC. The van der Waals surface area contributed by atoms with Crippen LogP contribution < -0.4 is 0 Å². The van der Waals surface area contributed by atoms with Crippen molar-refractivity contribution in [2.45, 2.75) is 90.6 Å². The predicted molar refractivity (Wildman–Crippen MR) is 94.2 cm³/mol. The molecule has 24 heavy (non-hydrogen) atoms. The summed E-state index contributed by atoms with van der Waals surface area (Å²) in [6, 6.07) is 0. The number of aliphatic hydroxyl groups excluding tert-OH is 1. The average molecular weight is 339 g/mol. The molecule has 0 bridgehead atoms. The van der Waals surface area contributed by atoms with E-state index < -0.39 is 12.1 Å². The van der Waals surface area contributed by atoms with Gasteiger partial charge in [-0.25, -0.2) is 4.79 Å². The molecule has 1 aromatic rings. The Hall–Kier alpha value is -1.36. The molecule has 0 saturated carbocycles. The number of nitrogens with zero attached hydrogens (tertiary/aromatic N) is 1. The molecule has 5 heteroatoms. The van der Waals surface area contributed by atoms with Crippen molar-refractivity contribution in [3.8, 4) is 0 Å². The number of carbonyl (C=O) groups excluding carboxylic acids is 1. The van der Waals surface area contributed by atoms with Gasteiger partial charge < -0.3 is 14.4 Å². The third-order valence-electron chi connectivity index (χ3n) is 4.28. The lowest BCUT2D eigenvalue weighted by atomic mass is 10.0. The minimum Gasteiger partial charge on any atom is -0.465 e. The Morgan fingerprint density at radius 2 is 1.79 bits per heavy atom. The molecule has 5 nitrogen and oxygen atoms in total. The van der Waals surface area contributed by atoms with E-state index in [1.807, 2.05) is 6.92 Å². The van der Waals surface area contributed by atoms with Crippen LogP contribution in [0.15, 0.2) is 4.52 Å².